The standard InChI is InChI=1S/C11H13F2N/c1-2-8(7-14)5-9-3-4-10(12)11(13)6-9/h2-4,6H,5,7,14H2,1H3/b8-2-. The van der Waals surface area contributed by atoms with Crippen LogP contribution in [0.4, 0.5) is 8.78 Å². The lowest BCUT2D eigenvalue weighted by atomic mass is 10.1. The molecule has 1 aromatic rings. The number of hydrogen-bond acceptors (Lipinski definition) is 1. The number of halogens is 2. The van der Waals surface area contributed by atoms with E-state index in [1.807, 2.05) is 13.0 Å². The maximum Gasteiger partial charge on any atom is 0.159 e. The van der Waals surface area contributed by atoms with E-state index in [9.17, 15) is 8.78 Å². The Hall–Kier alpha value is -1.22. The highest BCUT2D eigenvalue weighted by atomic mass is 19.2. The zero-order valence-electron chi connectivity index (χ0n) is 8.06. The van der Waals surface area contributed by atoms with Crippen molar-refractivity contribution in [1.29, 1.82) is 0 Å². The molecule has 3 heteroatoms. The Labute approximate surface area is 82.2 Å². The van der Waals surface area contributed by atoms with Crippen molar-refractivity contribution in [2.24, 2.45) is 5.73 Å². The molecular weight excluding hydrogens is 184 g/mol. The highest BCUT2D eigenvalue weighted by Gasteiger charge is 2.03. The summed E-state index contributed by atoms with van der Waals surface area (Å²) in [5, 5.41) is 0. The van der Waals surface area contributed by atoms with Gasteiger partial charge in [0.05, 0.1) is 0 Å². The van der Waals surface area contributed by atoms with E-state index in [2.05, 4.69) is 0 Å². The van der Waals surface area contributed by atoms with E-state index in [-0.39, 0.29) is 0 Å². The van der Waals surface area contributed by atoms with Crippen molar-refractivity contribution in [1.82, 2.24) is 0 Å². The predicted octanol–water partition coefficient (Wildman–Crippen LogP) is 2.41. The summed E-state index contributed by atoms with van der Waals surface area (Å²) in [4.78, 5) is 0. The molecule has 0 saturated heterocycles. The Morgan fingerprint density at radius 3 is 2.57 bits per heavy atom. The third-order valence-electron chi connectivity index (χ3n) is 2.09. The minimum absolute atomic E-state index is 0.440. The first-order valence-electron chi connectivity index (χ1n) is 4.45. The summed E-state index contributed by atoms with van der Waals surface area (Å²) in [5.74, 6) is -1.63. The lowest BCUT2D eigenvalue weighted by Crippen LogP contribution is -2.05. The van der Waals surface area contributed by atoms with Crippen LogP contribution >= 0.6 is 0 Å². The van der Waals surface area contributed by atoms with Gasteiger partial charge in [0, 0.05) is 6.54 Å². The van der Waals surface area contributed by atoms with E-state index in [1.54, 1.807) is 6.07 Å². The quantitative estimate of drug-likeness (QED) is 0.740. The number of allylic oxidation sites excluding steroid dienone is 1. The molecule has 1 rings (SSSR count). The molecule has 0 unspecified atom stereocenters. The fraction of sp³-hybridized carbons (Fsp3) is 0.273. The molecule has 14 heavy (non-hydrogen) atoms. The van der Waals surface area contributed by atoms with Gasteiger partial charge in [-0.1, -0.05) is 17.7 Å². The molecule has 0 radical (unpaired) electrons. The van der Waals surface area contributed by atoms with Crippen LogP contribution in [0.2, 0.25) is 0 Å². The van der Waals surface area contributed by atoms with Gasteiger partial charge in [-0.05, 0) is 31.0 Å². The summed E-state index contributed by atoms with van der Waals surface area (Å²) in [7, 11) is 0. The molecule has 0 saturated carbocycles. The van der Waals surface area contributed by atoms with Gasteiger partial charge < -0.3 is 5.73 Å². The lowest BCUT2D eigenvalue weighted by Gasteiger charge is -2.04. The Balaban J connectivity index is 2.82. The van der Waals surface area contributed by atoms with Crippen molar-refractivity contribution in [2.45, 2.75) is 13.3 Å². The topological polar surface area (TPSA) is 26.0 Å². The van der Waals surface area contributed by atoms with Crippen molar-refractivity contribution in [3.05, 3.63) is 47.0 Å². The zero-order chi connectivity index (χ0) is 10.6. The van der Waals surface area contributed by atoms with Crippen LogP contribution in [0.25, 0.3) is 0 Å². The van der Waals surface area contributed by atoms with Gasteiger partial charge in [-0.3, -0.25) is 0 Å². The second-order valence-electron chi connectivity index (χ2n) is 3.08. The average molecular weight is 197 g/mol. The monoisotopic (exact) mass is 197 g/mol. The van der Waals surface area contributed by atoms with Crippen molar-refractivity contribution < 1.29 is 8.78 Å². The molecule has 0 amide bonds. The molecule has 0 atom stereocenters. The largest absolute Gasteiger partial charge is 0.327 e. The molecule has 0 bridgehead atoms. The highest BCUT2D eigenvalue weighted by molar-refractivity contribution is 5.23. The maximum atomic E-state index is 12.8. The van der Waals surface area contributed by atoms with E-state index in [0.717, 1.165) is 17.2 Å². The fourth-order valence-corrected chi connectivity index (χ4v) is 1.20. The molecule has 0 aliphatic heterocycles. The summed E-state index contributed by atoms with van der Waals surface area (Å²) in [5.41, 5.74) is 7.21. The van der Waals surface area contributed by atoms with E-state index < -0.39 is 11.6 Å². The first kappa shape index (κ1) is 10.9. The van der Waals surface area contributed by atoms with E-state index in [0.29, 0.717) is 13.0 Å². The van der Waals surface area contributed by atoms with Crippen LogP contribution in [-0.4, -0.2) is 6.54 Å². The number of hydrogen-bond donors (Lipinski definition) is 1. The summed E-state index contributed by atoms with van der Waals surface area (Å²) in [6.45, 7) is 2.32. The van der Waals surface area contributed by atoms with Gasteiger partial charge in [-0.25, -0.2) is 8.78 Å². The van der Waals surface area contributed by atoms with Crippen LogP contribution in [0.3, 0.4) is 0 Å². The van der Waals surface area contributed by atoms with E-state index in [4.69, 9.17) is 5.73 Å². The van der Waals surface area contributed by atoms with Crippen molar-refractivity contribution in [3.8, 4) is 0 Å². The van der Waals surface area contributed by atoms with Gasteiger partial charge >= 0.3 is 0 Å². The summed E-state index contributed by atoms with van der Waals surface area (Å²) >= 11 is 0. The Morgan fingerprint density at radius 2 is 2.07 bits per heavy atom. The first-order valence-corrected chi connectivity index (χ1v) is 4.45. The Kier molecular flexibility index (Phi) is 3.77. The maximum absolute atomic E-state index is 12.8. The van der Waals surface area contributed by atoms with Crippen molar-refractivity contribution in [2.75, 3.05) is 6.54 Å². The molecule has 0 fully saturated rings. The summed E-state index contributed by atoms with van der Waals surface area (Å²) in [6.07, 6.45) is 2.46. The zero-order valence-corrected chi connectivity index (χ0v) is 8.06. The van der Waals surface area contributed by atoms with Gasteiger partial charge in [-0.2, -0.15) is 0 Å². The summed E-state index contributed by atoms with van der Waals surface area (Å²) < 4.78 is 25.4. The van der Waals surface area contributed by atoms with E-state index in [1.165, 1.54) is 6.07 Å². The van der Waals surface area contributed by atoms with Crippen LogP contribution in [0.5, 0.6) is 0 Å². The number of nitrogens with two attached hydrogens (primary N) is 1. The minimum atomic E-state index is -0.816. The lowest BCUT2D eigenvalue weighted by molar-refractivity contribution is 0.507. The Morgan fingerprint density at radius 1 is 1.36 bits per heavy atom. The van der Waals surface area contributed by atoms with Crippen molar-refractivity contribution >= 4 is 0 Å². The van der Waals surface area contributed by atoms with Gasteiger partial charge in [0.1, 0.15) is 0 Å². The molecular formula is C11H13F2N. The van der Waals surface area contributed by atoms with E-state index >= 15 is 0 Å². The third-order valence-corrected chi connectivity index (χ3v) is 2.09. The SMILES string of the molecule is C/C=C(\CN)Cc1ccc(F)c(F)c1. The first-order chi connectivity index (χ1) is 6.67. The minimum Gasteiger partial charge on any atom is -0.327 e. The molecule has 0 spiro atoms. The van der Waals surface area contributed by atoms with Crippen LogP contribution in [0.1, 0.15) is 12.5 Å². The molecule has 0 aromatic heterocycles. The number of rotatable bonds is 3. The highest BCUT2D eigenvalue weighted by Crippen LogP contribution is 2.12. The number of benzene rings is 1. The normalized spacial score (nSPS) is 11.9. The third kappa shape index (κ3) is 2.64. The molecule has 76 valence electrons. The van der Waals surface area contributed by atoms with Gasteiger partial charge in [0.2, 0.25) is 0 Å². The van der Waals surface area contributed by atoms with Crippen LogP contribution in [-0.2, 0) is 6.42 Å². The second-order valence-corrected chi connectivity index (χ2v) is 3.08. The fourth-order valence-electron chi connectivity index (χ4n) is 1.20. The summed E-state index contributed by atoms with van der Waals surface area (Å²) in [6, 6.07) is 3.90. The molecule has 2 N–H and O–H groups in total. The molecule has 0 aliphatic rings. The van der Waals surface area contributed by atoms with Crippen LogP contribution < -0.4 is 5.73 Å². The van der Waals surface area contributed by atoms with Crippen molar-refractivity contribution in [3.63, 3.8) is 0 Å². The smallest absolute Gasteiger partial charge is 0.159 e. The molecule has 1 nitrogen and oxygen atoms in total. The molecule has 0 aliphatic carbocycles. The van der Waals surface area contributed by atoms with Crippen LogP contribution in [0, 0.1) is 11.6 Å². The van der Waals surface area contributed by atoms with Gasteiger partial charge in [-0.15, -0.1) is 0 Å². The van der Waals surface area contributed by atoms with Crippen LogP contribution in [0.15, 0.2) is 29.8 Å². The molecule has 0 heterocycles. The van der Waals surface area contributed by atoms with Gasteiger partial charge in [0.15, 0.2) is 11.6 Å². The van der Waals surface area contributed by atoms with Gasteiger partial charge in [0.25, 0.3) is 0 Å². The second kappa shape index (κ2) is 4.86. The Bertz CT molecular complexity index is 345. The molecule has 1 aromatic carbocycles. The average Bonchev–Trinajstić information content (AvgIpc) is 2.19. The predicted molar refractivity (Wildman–Crippen MR) is 52.9 cm³/mol.